The quantitative estimate of drug-likeness (QED) is 0.302. The fourth-order valence-corrected chi connectivity index (χ4v) is 4.55. The number of benzene rings is 3. The molecule has 6 heteroatoms. The van der Waals surface area contributed by atoms with Crippen molar-refractivity contribution < 1.29 is 14.3 Å². The molecule has 0 aliphatic rings. The minimum atomic E-state index is -0.00270. The highest BCUT2D eigenvalue weighted by Gasteiger charge is 2.17. The van der Waals surface area contributed by atoms with E-state index >= 15 is 0 Å². The molecule has 1 N–H and O–H groups in total. The number of carbonyl (C=O) groups excluding carboxylic acids is 1. The molecule has 35 heavy (non-hydrogen) atoms. The first-order chi connectivity index (χ1) is 17.0. The molecule has 6 nitrogen and oxygen atoms in total. The third-order valence-electron chi connectivity index (χ3n) is 6.35. The zero-order valence-corrected chi connectivity index (χ0v) is 20.3. The van der Waals surface area contributed by atoms with E-state index in [1.807, 2.05) is 66.7 Å². The lowest BCUT2D eigenvalue weighted by Gasteiger charge is -2.11. The molecule has 0 atom stereocenters. The standard InChI is InChI=1S/C29H27N3O3/c1-18-16-32(17-20-10-13-25(34-3)26(14-20)35-4)19(2)27(18)29-30-23-12-11-22(15-24(23)31-29)28(33)21-8-6-5-7-9-21/h5-16H,17H2,1-4H3,(H,30,31). The molecule has 0 aliphatic carbocycles. The van der Waals surface area contributed by atoms with E-state index in [9.17, 15) is 4.79 Å². The van der Waals surface area contributed by atoms with Gasteiger partial charge in [0.15, 0.2) is 17.3 Å². The van der Waals surface area contributed by atoms with Crippen molar-refractivity contribution in [2.75, 3.05) is 14.2 Å². The number of carbonyl (C=O) groups is 1. The topological polar surface area (TPSA) is 69.1 Å². The van der Waals surface area contributed by atoms with Crippen molar-refractivity contribution in [3.05, 3.63) is 101 Å². The number of fused-ring (bicyclic) bond motifs is 1. The van der Waals surface area contributed by atoms with Gasteiger partial charge in [-0.15, -0.1) is 0 Å². The number of methoxy groups -OCH3 is 2. The van der Waals surface area contributed by atoms with E-state index in [1.54, 1.807) is 14.2 Å². The molecule has 2 aromatic heterocycles. The van der Waals surface area contributed by atoms with Crippen LogP contribution in [0.5, 0.6) is 11.5 Å². The number of nitrogens with one attached hydrogen (secondary N) is 1. The average Bonchev–Trinajstić information content (AvgIpc) is 3.42. The van der Waals surface area contributed by atoms with Crippen molar-refractivity contribution in [1.29, 1.82) is 0 Å². The Morgan fingerprint density at radius 1 is 0.914 bits per heavy atom. The lowest BCUT2D eigenvalue weighted by molar-refractivity contribution is 0.103. The number of hydrogen-bond acceptors (Lipinski definition) is 4. The summed E-state index contributed by atoms with van der Waals surface area (Å²) < 4.78 is 13.0. The number of aryl methyl sites for hydroxylation is 1. The van der Waals surface area contributed by atoms with E-state index in [0.29, 0.717) is 29.2 Å². The van der Waals surface area contributed by atoms with Crippen LogP contribution in [-0.4, -0.2) is 34.5 Å². The number of aromatic nitrogens is 3. The summed E-state index contributed by atoms with van der Waals surface area (Å²) in [5.41, 5.74) is 7.39. The van der Waals surface area contributed by atoms with E-state index in [4.69, 9.17) is 14.5 Å². The summed E-state index contributed by atoms with van der Waals surface area (Å²) in [5.74, 6) is 2.22. The van der Waals surface area contributed by atoms with Crippen molar-refractivity contribution in [3.8, 4) is 22.9 Å². The van der Waals surface area contributed by atoms with E-state index in [1.165, 1.54) is 0 Å². The van der Waals surface area contributed by atoms with Crippen molar-refractivity contribution in [3.63, 3.8) is 0 Å². The lowest BCUT2D eigenvalue weighted by atomic mass is 10.0. The molecular weight excluding hydrogens is 438 g/mol. The minimum Gasteiger partial charge on any atom is -0.493 e. The molecule has 3 aromatic carbocycles. The molecule has 0 amide bonds. The average molecular weight is 466 g/mol. The fourth-order valence-electron chi connectivity index (χ4n) is 4.55. The molecule has 0 saturated carbocycles. The predicted octanol–water partition coefficient (Wildman–Crippen LogP) is 5.94. The Balaban J connectivity index is 1.47. The number of rotatable bonds is 7. The first-order valence-corrected chi connectivity index (χ1v) is 11.5. The second-order valence-electron chi connectivity index (χ2n) is 8.60. The maximum absolute atomic E-state index is 12.9. The monoisotopic (exact) mass is 465 g/mol. The smallest absolute Gasteiger partial charge is 0.193 e. The summed E-state index contributed by atoms with van der Waals surface area (Å²) in [6.45, 7) is 4.88. The van der Waals surface area contributed by atoms with Crippen LogP contribution in [0.3, 0.4) is 0 Å². The largest absolute Gasteiger partial charge is 0.493 e. The first-order valence-electron chi connectivity index (χ1n) is 11.5. The Hall–Kier alpha value is -4.32. The number of imidazole rings is 1. The van der Waals surface area contributed by atoms with Gasteiger partial charge in [0.05, 0.1) is 25.3 Å². The number of aromatic amines is 1. The molecule has 0 saturated heterocycles. The molecule has 2 heterocycles. The first kappa shape index (κ1) is 22.5. The van der Waals surface area contributed by atoms with Crippen LogP contribution in [0.1, 0.15) is 32.7 Å². The van der Waals surface area contributed by atoms with Crippen molar-refractivity contribution in [2.24, 2.45) is 0 Å². The van der Waals surface area contributed by atoms with Gasteiger partial charge in [-0.05, 0) is 55.3 Å². The van der Waals surface area contributed by atoms with Crippen LogP contribution in [0.4, 0.5) is 0 Å². The van der Waals surface area contributed by atoms with Crippen LogP contribution in [0.2, 0.25) is 0 Å². The van der Waals surface area contributed by atoms with Gasteiger partial charge in [0.2, 0.25) is 0 Å². The van der Waals surface area contributed by atoms with Gasteiger partial charge in [0.25, 0.3) is 0 Å². The number of ketones is 1. The minimum absolute atomic E-state index is 0.00270. The second-order valence-corrected chi connectivity index (χ2v) is 8.60. The highest BCUT2D eigenvalue weighted by atomic mass is 16.5. The number of hydrogen-bond donors (Lipinski definition) is 1. The lowest BCUT2D eigenvalue weighted by Crippen LogP contribution is -2.01. The molecule has 0 bridgehead atoms. The SMILES string of the molecule is COc1ccc(Cn2cc(C)c(-c3nc4ccc(C(=O)c5ccccc5)cc4[nH]3)c2C)cc1OC. The fraction of sp³-hybridized carbons (Fsp3) is 0.172. The Kier molecular flexibility index (Phi) is 5.87. The Labute approximate surface area is 204 Å². The van der Waals surface area contributed by atoms with E-state index in [0.717, 1.165) is 39.2 Å². The summed E-state index contributed by atoms with van der Waals surface area (Å²) in [4.78, 5) is 21.2. The Morgan fingerprint density at radius 3 is 2.43 bits per heavy atom. The summed E-state index contributed by atoms with van der Waals surface area (Å²) in [6, 6.07) is 20.9. The molecule has 5 rings (SSSR count). The van der Waals surface area contributed by atoms with Crippen LogP contribution in [0.15, 0.2) is 72.9 Å². The van der Waals surface area contributed by atoms with Crippen molar-refractivity contribution in [1.82, 2.24) is 14.5 Å². The molecule has 0 aliphatic heterocycles. The van der Waals surface area contributed by atoms with Gasteiger partial charge in [-0.25, -0.2) is 4.98 Å². The van der Waals surface area contributed by atoms with Crippen LogP contribution in [-0.2, 0) is 6.54 Å². The van der Waals surface area contributed by atoms with Gasteiger partial charge in [-0.2, -0.15) is 0 Å². The van der Waals surface area contributed by atoms with Gasteiger partial charge in [-0.3, -0.25) is 4.79 Å². The summed E-state index contributed by atoms with van der Waals surface area (Å²) in [6.07, 6.45) is 2.14. The molecule has 0 spiro atoms. The molecule has 176 valence electrons. The highest BCUT2D eigenvalue weighted by molar-refractivity contribution is 6.10. The van der Waals surface area contributed by atoms with Crippen LogP contribution in [0, 0.1) is 13.8 Å². The molecule has 0 unspecified atom stereocenters. The van der Waals surface area contributed by atoms with Gasteiger partial charge in [0.1, 0.15) is 5.82 Å². The van der Waals surface area contributed by atoms with Gasteiger partial charge >= 0.3 is 0 Å². The van der Waals surface area contributed by atoms with Crippen LogP contribution < -0.4 is 9.47 Å². The third-order valence-corrected chi connectivity index (χ3v) is 6.35. The van der Waals surface area contributed by atoms with Gasteiger partial charge in [-0.1, -0.05) is 36.4 Å². The van der Waals surface area contributed by atoms with Gasteiger partial charge in [0, 0.05) is 35.1 Å². The van der Waals surface area contributed by atoms with E-state index < -0.39 is 0 Å². The van der Waals surface area contributed by atoms with Crippen LogP contribution >= 0.6 is 0 Å². The second kappa shape index (κ2) is 9.14. The number of nitrogens with zero attached hydrogens (tertiary/aromatic N) is 2. The third kappa shape index (κ3) is 4.19. The number of H-pyrrole nitrogens is 1. The molecule has 5 aromatic rings. The molecule has 0 radical (unpaired) electrons. The summed E-state index contributed by atoms with van der Waals surface area (Å²) >= 11 is 0. The maximum atomic E-state index is 12.9. The summed E-state index contributed by atoms with van der Waals surface area (Å²) in [5, 5.41) is 0. The summed E-state index contributed by atoms with van der Waals surface area (Å²) in [7, 11) is 3.28. The Bertz CT molecular complexity index is 1530. The molecular formula is C29H27N3O3. The van der Waals surface area contributed by atoms with E-state index in [2.05, 4.69) is 29.6 Å². The highest BCUT2D eigenvalue weighted by Crippen LogP contribution is 2.31. The Morgan fingerprint density at radius 2 is 1.69 bits per heavy atom. The van der Waals surface area contributed by atoms with E-state index in [-0.39, 0.29) is 5.78 Å². The van der Waals surface area contributed by atoms with Crippen molar-refractivity contribution >= 4 is 16.8 Å². The maximum Gasteiger partial charge on any atom is 0.193 e. The van der Waals surface area contributed by atoms with Crippen molar-refractivity contribution in [2.45, 2.75) is 20.4 Å². The zero-order chi connectivity index (χ0) is 24.5. The number of ether oxygens (including phenoxy) is 2. The zero-order valence-electron chi connectivity index (χ0n) is 20.3. The van der Waals surface area contributed by atoms with Gasteiger partial charge < -0.3 is 19.0 Å². The normalized spacial score (nSPS) is 11.1. The molecule has 0 fully saturated rings. The van der Waals surface area contributed by atoms with Crippen LogP contribution in [0.25, 0.3) is 22.4 Å². The predicted molar refractivity (Wildman–Crippen MR) is 138 cm³/mol.